The average Bonchev–Trinajstić information content (AvgIpc) is 2.53. The lowest BCUT2D eigenvalue weighted by Crippen LogP contribution is -2.47. The van der Waals surface area contributed by atoms with Crippen molar-refractivity contribution in [1.82, 2.24) is 5.32 Å². The second kappa shape index (κ2) is 7.72. The molecule has 25 heavy (non-hydrogen) atoms. The van der Waals surface area contributed by atoms with Crippen LogP contribution in [-0.4, -0.2) is 24.7 Å². The average molecular weight is 361 g/mol. The van der Waals surface area contributed by atoms with E-state index in [1.807, 2.05) is 5.92 Å². The Morgan fingerprint density at radius 1 is 1.24 bits per heavy atom. The van der Waals surface area contributed by atoms with Gasteiger partial charge in [0.2, 0.25) is 0 Å². The predicted octanol–water partition coefficient (Wildman–Crippen LogP) is 3.83. The number of ether oxygens (including phenoxy) is 1. The molecule has 3 nitrogen and oxygen atoms in total. The SMILES string of the molecule is C#CCOc1c(F)cc(C(=O)N[C@@H]2CCCC[C@H]2C(F)(F)F)cc1F. The summed E-state index contributed by atoms with van der Waals surface area (Å²) in [6.07, 6.45) is 1.52. The van der Waals surface area contributed by atoms with Crippen molar-refractivity contribution in [3.8, 4) is 18.1 Å². The number of hydrogen-bond donors (Lipinski definition) is 1. The molecule has 1 saturated carbocycles. The summed E-state index contributed by atoms with van der Waals surface area (Å²) in [5, 5.41) is 2.24. The van der Waals surface area contributed by atoms with Crippen LogP contribution in [-0.2, 0) is 0 Å². The summed E-state index contributed by atoms with van der Waals surface area (Å²) in [5.74, 6) is -3.65. The van der Waals surface area contributed by atoms with Gasteiger partial charge in [0, 0.05) is 11.6 Å². The number of hydrogen-bond acceptors (Lipinski definition) is 2. The van der Waals surface area contributed by atoms with Gasteiger partial charge in [0.1, 0.15) is 6.61 Å². The Morgan fingerprint density at radius 2 is 1.84 bits per heavy atom. The Hall–Kier alpha value is -2.30. The third-order valence-electron chi connectivity index (χ3n) is 4.06. The molecule has 0 heterocycles. The molecule has 8 heteroatoms. The van der Waals surface area contributed by atoms with Crippen molar-refractivity contribution in [3.05, 3.63) is 29.3 Å². The van der Waals surface area contributed by atoms with Crippen LogP contribution in [0.5, 0.6) is 5.75 Å². The number of rotatable bonds is 4. The van der Waals surface area contributed by atoms with Crippen molar-refractivity contribution >= 4 is 5.91 Å². The molecule has 0 unspecified atom stereocenters. The van der Waals surface area contributed by atoms with Crippen LogP contribution in [0.4, 0.5) is 22.0 Å². The molecule has 1 aliphatic rings. The fourth-order valence-corrected chi connectivity index (χ4v) is 2.89. The van der Waals surface area contributed by atoms with Crippen molar-refractivity contribution in [1.29, 1.82) is 0 Å². The maximum Gasteiger partial charge on any atom is 0.393 e. The summed E-state index contributed by atoms with van der Waals surface area (Å²) < 4.78 is 71.5. The summed E-state index contributed by atoms with van der Waals surface area (Å²) in [6.45, 7) is -0.366. The van der Waals surface area contributed by atoms with E-state index in [1.54, 1.807) is 0 Å². The number of amides is 1. The highest BCUT2D eigenvalue weighted by molar-refractivity contribution is 5.94. The molecule has 0 spiro atoms. The lowest BCUT2D eigenvalue weighted by atomic mass is 9.84. The lowest BCUT2D eigenvalue weighted by Gasteiger charge is -2.33. The first-order valence-electron chi connectivity index (χ1n) is 7.67. The summed E-state index contributed by atoms with van der Waals surface area (Å²) in [4.78, 5) is 12.1. The van der Waals surface area contributed by atoms with Crippen LogP contribution >= 0.6 is 0 Å². The zero-order valence-electron chi connectivity index (χ0n) is 13.1. The summed E-state index contributed by atoms with van der Waals surface area (Å²) in [6, 6.07) is 0.287. The van der Waals surface area contributed by atoms with E-state index < -0.39 is 47.0 Å². The molecule has 1 amide bonds. The monoisotopic (exact) mass is 361 g/mol. The minimum absolute atomic E-state index is 0.0873. The number of alkyl halides is 3. The molecule has 0 radical (unpaired) electrons. The number of carbonyl (C=O) groups is 1. The summed E-state index contributed by atoms with van der Waals surface area (Å²) in [7, 11) is 0. The van der Waals surface area contributed by atoms with Gasteiger partial charge in [-0.1, -0.05) is 18.8 Å². The van der Waals surface area contributed by atoms with Gasteiger partial charge in [-0.15, -0.1) is 6.42 Å². The molecule has 136 valence electrons. The Bertz CT molecular complexity index is 658. The molecule has 1 fully saturated rings. The van der Waals surface area contributed by atoms with E-state index in [1.165, 1.54) is 0 Å². The fraction of sp³-hybridized carbons (Fsp3) is 0.471. The fourth-order valence-electron chi connectivity index (χ4n) is 2.89. The minimum atomic E-state index is -4.44. The normalized spacial score (nSPS) is 20.6. The van der Waals surface area contributed by atoms with Crippen LogP contribution < -0.4 is 10.1 Å². The van der Waals surface area contributed by atoms with E-state index in [0.717, 1.165) is 0 Å². The molecule has 0 saturated heterocycles. The highest BCUT2D eigenvalue weighted by atomic mass is 19.4. The van der Waals surface area contributed by atoms with E-state index in [0.29, 0.717) is 25.0 Å². The van der Waals surface area contributed by atoms with Crippen LogP contribution in [0.3, 0.4) is 0 Å². The number of benzene rings is 1. The van der Waals surface area contributed by atoms with Crippen LogP contribution in [0.25, 0.3) is 0 Å². The van der Waals surface area contributed by atoms with Crippen molar-refractivity contribution in [2.75, 3.05) is 6.61 Å². The predicted molar refractivity (Wildman–Crippen MR) is 80.0 cm³/mol. The molecule has 1 aliphatic carbocycles. The van der Waals surface area contributed by atoms with E-state index in [-0.39, 0.29) is 19.4 Å². The number of halogens is 5. The highest BCUT2D eigenvalue weighted by Gasteiger charge is 2.46. The first-order valence-corrected chi connectivity index (χ1v) is 7.67. The van der Waals surface area contributed by atoms with Crippen molar-refractivity contribution in [3.63, 3.8) is 0 Å². The first kappa shape index (κ1) is 19.0. The maximum absolute atomic E-state index is 13.8. The zero-order chi connectivity index (χ0) is 18.6. The van der Waals surface area contributed by atoms with Gasteiger partial charge in [0.25, 0.3) is 5.91 Å². The number of nitrogens with one attached hydrogen (secondary N) is 1. The standard InChI is InChI=1S/C17H16F5NO2/c1-2-7-25-15-12(18)8-10(9-13(15)19)16(24)23-14-6-4-3-5-11(14)17(20,21)22/h1,8-9,11,14H,3-7H2,(H,23,24)/t11-,14-/m1/s1. The van der Waals surface area contributed by atoms with E-state index in [9.17, 15) is 26.7 Å². The molecule has 2 rings (SSSR count). The molecule has 0 aromatic heterocycles. The molecular weight excluding hydrogens is 345 g/mol. The number of terminal acetylenes is 1. The van der Waals surface area contributed by atoms with Gasteiger partial charge in [-0.2, -0.15) is 13.2 Å². The first-order chi connectivity index (χ1) is 11.7. The van der Waals surface area contributed by atoms with Gasteiger partial charge in [-0.05, 0) is 25.0 Å². The molecule has 1 N–H and O–H groups in total. The minimum Gasteiger partial charge on any atom is -0.475 e. The summed E-state index contributed by atoms with van der Waals surface area (Å²) >= 11 is 0. The molecule has 1 aromatic carbocycles. The maximum atomic E-state index is 13.8. The quantitative estimate of drug-likeness (QED) is 0.654. The van der Waals surface area contributed by atoms with Crippen LogP contribution in [0.1, 0.15) is 36.0 Å². The highest BCUT2D eigenvalue weighted by Crippen LogP contribution is 2.37. The molecule has 2 atom stereocenters. The largest absolute Gasteiger partial charge is 0.475 e. The Labute approximate surface area is 141 Å². The van der Waals surface area contributed by atoms with E-state index in [2.05, 4.69) is 5.32 Å². The molecule has 0 bridgehead atoms. The van der Waals surface area contributed by atoms with Gasteiger partial charge < -0.3 is 10.1 Å². The van der Waals surface area contributed by atoms with Crippen molar-refractivity contribution < 1.29 is 31.5 Å². The van der Waals surface area contributed by atoms with Crippen LogP contribution in [0.15, 0.2) is 12.1 Å². The van der Waals surface area contributed by atoms with Crippen LogP contribution in [0, 0.1) is 29.9 Å². The van der Waals surface area contributed by atoms with E-state index >= 15 is 0 Å². The second-order valence-corrected chi connectivity index (χ2v) is 5.77. The molecular formula is C17H16F5NO2. The van der Waals surface area contributed by atoms with Gasteiger partial charge in [0.15, 0.2) is 17.4 Å². The zero-order valence-corrected chi connectivity index (χ0v) is 13.1. The molecule has 0 aliphatic heterocycles. The van der Waals surface area contributed by atoms with Crippen molar-refractivity contribution in [2.24, 2.45) is 5.92 Å². The van der Waals surface area contributed by atoms with Crippen LogP contribution in [0.2, 0.25) is 0 Å². The van der Waals surface area contributed by atoms with Gasteiger partial charge in [-0.25, -0.2) is 8.78 Å². The smallest absolute Gasteiger partial charge is 0.393 e. The third kappa shape index (κ3) is 4.62. The summed E-state index contributed by atoms with van der Waals surface area (Å²) in [5.41, 5.74) is -0.422. The molecule has 1 aromatic rings. The Kier molecular flexibility index (Phi) is 5.88. The van der Waals surface area contributed by atoms with Gasteiger partial charge >= 0.3 is 6.18 Å². The topological polar surface area (TPSA) is 38.3 Å². The van der Waals surface area contributed by atoms with Gasteiger partial charge in [-0.3, -0.25) is 4.79 Å². The Morgan fingerprint density at radius 3 is 2.40 bits per heavy atom. The Balaban J connectivity index is 2.16. The van der Waals surface area contributed by atoms with E-state index in [4.69, 9.17) is 11.2 Å². The number of carbonyl (C=O) groups excluding carboxylic acids is 1. The van der Waals surface area contributed by atoms with Gasteiger partial charge in [0.05, 0.1) is 5.92 Å². The lowest BCUT2D eigenvalue weighted by molar-refractivity contribution is -0.187. The second-order valence-electron chi connectivity index (χ2n) is 5.77. The third-order valence-corrected chi connectivity index (χ3v) is 4.06. The van der Waals surface area contributed by atoms with Crippen molar-refractivity contribution in [2.45, 2.75) is 37.9 Å².